The number of ether oxygens (including phenoxy) is 5. The van der Waals surface area contributed by atoms with Crippen LogP contribution in [0.5, 0.6) is 29.1 Å². The molecule has 0 spiro atoms. The zero-order valence-corrected chi connectivity index (χ0v) is 66.4. The van der Waals surface area contributed by atoms with Crippen molar-refractivity contribution >= 4 is 23.6 Å². The van der Waals surface area contributed by atoms with Crippen molar-refractivity contribution < 1.29 is 47.3 Å². The molecule has 19 rings (SSSR count). The smallest absolute Gasteiger partial charge is 0.276 e. The third-order valence-electron chi connectivity index (χ3n) is 23.9. The predicted octanol–water partition coefficient (Wildman–Crippen LogP) is 13.1. The van der Waals surface area contributed by atoms with Gasteiger partial charge in [0.05, 0.1) is 68.9 Å². The van der Waals surface area contributed by atoms with Gasteiger partial charge in [-0.1, -0.05) is 42.5 Å². The van der Waals surface area contributed by atoms with Gasteiger partial charge in [0, 0.05) is 138 Å². The number of aryl methyl sites for hydroxylation is 5. The average molecular weight is 1580 g/mol. The maximum Gasteiger partial charge on any atom is 0.276 e. The Hall–Kier alpha value is -12.5. The monoisotopic (exact) mass is 1580 g/mol. The highest BCUT2D eigenvalue weighted by Crippen LogP contribution is 2.48. The van der Waals surface area contributed by atoms with E-state index >= 15 is 0 Å². The molecular weight excluding hydrogens is 1480 g/mol. The fourth-order valence-corrected chi connectivity index (χ4v) is 18.6. The van der Waals surface area contributed by atoms with Crippen molar-refractivity contribution in [3.05, 3.63) is 246 Å². The molecular formula is C89H95FN18O9. The summed E-state index contributed by atoms with van der Waals surface area (Å²) < 4.78 is 44.2. The van der Waals surface area contributed by atoms with Gasteiger partial charge >= 0.3 is 0 Å². The van der Waals surface area contributed by atoms with E-state index in [2.05, 4.69) is 73.3 Å². The van der Waals surface area contributed by atoms with E-state index in [4.69, 9.17) is 23.7 Å². The number of hydrogen-bond acceptors (Lipinski definition) is 21. The molecule has 8 fully saturated rings. The molecule has 27 nitrogen and oxygen atoms in total. The molecule has 117 heavy (non-hydrogen) atoms. The summed E-state index contributed by atoms with van der Waals surface area (Å²) in [6, 6.07) is 42.1. The molecule has 8 bridgehead atoms. The number of para-hydroxylation sites is 1. The van der Waals surface area contributed by atoms with Crippen LogP contribution in [0.15, 0.2) is 189 Å². The lowest BCUT2D eigenvalue weighted by molar-refractivity contribution is 0.0691. The van der Waals surface area contributed by atoms with Crippen LogP contribution >= 0.6 is 0 Å². The number of halogens is 1. The van der Waals surface area contributed by atoms with Crippen molar-refractivity contribution in [2.24, 2.45) is 23.7 Å². The second kappa shape index (κ2) is 35.3. The predicted molar refractivity (Wildman–Crippen MR) is 430 cm³/mol. The summed E-state index contributed by atoms with van der Waals surface area (Å²) in [5.41, 5.74) is 7.63. The zero-order chi connectivity index (χ0) is 80.6. The molecule has 12 atom stereocenters. The summed E-state index contributed by atoms with van der Waals surface area (Å²) in [5.74, 6) is 4.02. The van der Waals surface area contributed by atoms with Crippen molar-refractivity contribution in [3.63, 3.8) is 0 Å². The Morgan fingerprint density at radius 2 is 0.812 bits per heavy atom. The Morgan fingerprint density at radius 1 is 0.385 bits per heavy atom. The number of nitrogens with zero attached hydrogens (tertiary/aromatic N) is 18. The molecule has 8 aliphatic heterocycles. The first-order valence-electron chi connectivity index (χ1n) is 40.6. The van der Waals surface area contributed by atoms with Crippen LogP contribution in [-0.4, -0.2) is 194 Å². The van der Waals surface area contributed by atoms with Crippen molar-refractivity contribution in [1.82, 2.24) is 89.5 Å². The van der Waals surface area contributed by atoms with Crippen LogP contribution in [0.4, 0.5) is 4.39 Å². The molecule has 602 valence electrons. The van der Waals surface area contributed by atoms with Crippen molar-refractivity contribution in [3.8, 4) is 51.9 Å². The molecule has 8 aliphatic rings. The van der Waals surface area contributed by atoms with E-state index in [9.17, 15) is 23.6 Å². The first kappa shape index (κ1) is 78.4. The number of benzene rings is 2. The number of carbonyl (C=O) groups is 4. The number of amides is 4. The van der Waals surface area contributed by atoms with Crippen molar-refractivity contribution in [2.75, 3.05) is 33.0 Å². The van der Waals surface area contributed by atoms with Gasteiger partial charge in [-0.3, -0.25) is 19.2 Å². The summed E-state index contributed by atoms with van der Waals surface area (Å²) in [6.45, 7) is 14.5. The number of aromatic nitrogens is 14. The van der Waals surface area contributed by atoms with Gasteiger partial charge in [0.15, 0.2) is 28.7 Å². The molecule has 9 aromatic heterocycles. The molecule has 11 aromatic rings. The van der Waals surface area contributed by atoms with Gasteiger partial charge in [0.25, 0.3) is 23.6 Å². The van der Waals surface area contributed by atoms with E-state index < -0.39 is 5.82 Å². The molecule has 17 heterocycles. The van der Waals surface area contributed by atoms with Crippen LogP contribution in [0.2, 0.25) is 0 Å². The summed E-state index contributed by atoms with van der Waals surface area (Å²) >= 11 is 0. The number of pyridine rings is 6. The van der Waals surface area contributed by atoms with Gasteiger partial charge in [-0.15, -0.1) is 9.59 Å². The Balaban J connectivity index is 0.000000117. The van der Waals surface area contributed by atoms with Crippen molar-refractivity contribution in [1.29, 1.82) is 0 Å². The highest BCUT2D eigenvalue weighted by molar-refractivity contribution is 6.01. The van der Waals surface area contributed by atoms with Crippen molar-refractivity contribution in [2.45, 2.75) is 167 Å². The van der Waals surface area contributed by atoms with Gasteiger partial charge in [-0.25, -0.2) is 44.3 Å². The SMILES string of the molecule is CCOc1ccc(C)nc1C(=O)N1C2CCC1C(COc1ccc(C)cn1)C2.Cc1ccc(-n2nccn2)c(C(=O)N2C3CCC2C(COc2ccccc2C)C3)n1.Cc1ccc(-n2nccn2)c(C(=O)N2C3CCC2C(COc2ccccn2)C3)n1.O=C(c1cccc(F)c1-c1ncccn1)N1C2CCC1C(COc1ccccn1)C2. The van der Waals surface area contributed by atoms with Gasteiger partial charge in [-0.2, -0.15) is 20.4 Å². The van der Waals surface area contributed by atoms with Gasteiger partial charge in [-0.05, 0) is 203 Å². The standard InChI is InChI=1S/C23H21FN4O2.C23H25N5O2.C22H27N3O3.C21H22N6O2/c24-18-6-3-5-17(21(18)22-26-11-4-12-27-22)23(29)28-16-8-9-19(28)15(13-16)14-30-20-7-1-2-10-25-20;1-15-5-3-4-6-21(15)30-14-17-13-18-8-10-19(17)27(18)23(29)22-20(9-7-16(2)26-22)28-24-11-12-25-28;1-4-27-19-9-6-15(3)24-21(19)22(26)25-17-7-8-18(25)16(11-17)13-28-20-10-5-14(2)12-23-20;1-14-5-7-18(27-23-10-11-24-27)20(25-14)21(28)26-16-6-8-17(26)15(12-16)13-29-19-4-2-3-9-22-19/h1-7,10-12,15-16,19H,8-9,13-14H2;3-7,9,11-12,17-19H,8,10,13-14H2,1-2H3;5-6,9-10,12,16-18H,4,7-8,11,13H2,1-3H3;2-5,7,9-11,15-17H,6,8,12-13H2,1H3. The summed E-state index contributed by atoms with van der Waals surface area (Å²) in [5, 5.41) is 16.8. The summed E-state index contributed by atoms with van der Waals surface area (Å²) in [6.07, 6.45) is 26.5. The Morgan fingerprint density at radius 3 is 1.26 bits per heavy atom. The summed E-state index contributed by atoms with van der Waals surface area (Å²) in [4.78, 5) is 99.6. The first-order valence-corrected chi connectivity index (χ1v) is 40.6. The topological polar surface area (TPSA) is 292 Å². The molecule has 8 saturated heterocycles. The number of carbonyl (C=O) groups excluding carboxylic acids is 4. The Bertz CT molecular complexity index is 5270. The fraction of sp³-hybridized carbons (Fsp3) is 0.393. The molecule has 0 aliphatic carbocycles. The second-order valence-electron chi connectivity index (χ2n) is 31.3. The maximum absolute atomic E-state index is 14.7. The number of rotatable bonds is 21. The van der Waals surface area contributed by atoms with E-state index in [1.807, 2.05) is 164 Å². The van der Waals surface area contributed by atoms with Gasteiger partial charge in [0.1, 0.15) is 22.9 Å². The van der Waals surface area contributed by atoms with Crippen LogP contribution in [0, 0.1) is 64.1 Å². The molecule has 4 amide bonds. The highest BCUT2D eigenvalue weighted by Gasteiger charge is 2.53. The quantitative estimate of drug-likeness (QED) is 0.0645. The third kappa shape index (κ3) is 17.0. The minimum Gasteiger partial charge on any atom is -0.493 e. The van der Waals surface area contributed by atoms with E-state index in [0.717, 1.165) is 111 Å². The lowest BCUT2D eigenvalue weighted by Gasteiger charge is -2.25. The highest BCUT2D eigenvalue weighted by atomic mass is 19.1. The number of hydrogen-bond donors (Lipinski definition) is 0. The van der Waals surface area contributed by atoms with Crippen LogP contribution in [-0.2, 0) is 0 Å². The van der Waals surface area contributed by atoms with Crippen LogP contribution in [0.25, 0.3) is 22.8 Å². The molecule has 28 heteroatoms. The maximum atomic E-state index is 14.7. The normalized spacial score (nSPS) is 22.7. The first-order chi connectivity index (χ1) is 57.1. The van der Waals surface area contributed by atoms with Gasteiger partial charge in [0.2, 0.25) is 17.6 Å². The molecule has 2 aromatic carbocycles. The van der Waals surface area contributed by atoms with Gasteiger partial charge < -0.3 is 43.3 Å². The van der Waals surface area contributed by atoms with Crippen LogP contribution < -0.4 is 23.7 Å². The van der Waals surface area contributed by atoms with E-state index in [-0.39, 0.29) is 89.3 Å². The molecule has 0 radical (unpaired) electrons. The van der Waals surface area contributed by atoms with E-state index in [0.29, 0.717) is 108 Å². The Labute approximate surface area is 678 Å². The molecule has 12 unspecified atom stereocenters. The summed E-state index contributed by atoms with van der Waals surface area (Å²) in [7, 11) is 0. The largest absolute Gasteiger partial charge is 0.493 e. The zero-order valence-electron chi connectivity index (χ0n) is 66.4. The lowest BCUT2D eigenvalue weighted by Crippen LogP contribution is -2.38. The van der Waals surface area contributed by atoms with E-state index in [1.165, 1.54) is 15.7 Å². The van der Waals surface area contributed by atoms with Crippen LogP contribution in [0.3, 0.4) is 0 Å². The lowest BCUT2D eigenvalue weighted by atomic mass is 9.90. The number of fused-ring (bicyclic) bond motifs is 8. The van der Waals surface area contributed by atoms with Crippen LogP contribution in [0.1, 0.15) is 154 Å². The van der Waals surface area contributed by atoms with E-state index in [1.54, 1.807) is 67.8 Å². The minimum absolute atomic E-state index is 0.0180. The average Bonchev–Trinajstić information content (AvgIpc) is 1.64. The fourth-order valence-electron chi connectivity index (χ4n) is 18.6. The third-order valence-corrected chi connectivity index (χ3v) is 23.9. The molecule has 0 saturated carbocycles. The minimum atomic E-state index is -0.492. The second-order valence-corrected chi connectivity index (χ2v) is 31.3. The molecule has 0 N–H and O–H groups in total. The Kier molecular flexibility index (Phi) is 23.7.